The van der Waals surface area contributed by atoms with Crippen LogP contribution in [0.4, 0.5) is 11.5 Å². The number of ether oxygens (including phenoxy) is 1. The van der Waals surface area contributed by atoms with Crippen LogP contribution in [0.1, 0.15) is 10.5 Å². The number of anilines is 2. The molecule has 1 aromatic carbocycles. The van der Waals surface area contributed by atoms with Crippen molar-refractivity contribution >= 4 is 29.0 Å². The van der Waals surface area contributed by atoms with Crippen LogP contribution in [0.25, 0.3) is 0 Å². The Morgan fingerprint density at radius 3 is 2.89 bits per heavy atom. The largest absolute Gasteiger partial charge is 0.495 e. The third-order valence-corrected chi connectivity index (χ3v) is 2.37. The topological polar surface area (TPSA) is 103 Å². The van der Waals surface area contributed by atoms with E-state index in [2.05, 4.69) is 20.3 Å². The first-order valence-corrected chi connectivity index (χ1v) is 5.22. The fourth-order valence-electron chi connectivity index (χ4n) is 1.31. The molecule has 0 atom stereocenters. The van der Waals surface area contributed by atoms with Gasteiger partial charge in [-0.05, 0) is 28.5 Å². The van der Waals surface area contributed by atoms with E-state index in [4.69, 9.17) is 22.1 Å². The van der Waals surface area contributed by atoms with Crippen LogP contribution < -0.4 is 15.8 Å². The van der Waals surface area contributed by atoms with E-state index in [9.17, 15) is 4.79 Å². The third-order valence-electron chi connectivity index (χ3n) is 2.14. The third kappa shape index (κ3) is 2.35. The molecule has 94 valence electrons. The number of aromatic nitrogens is 2. The molecule has 0 saturated heterocycles. The Labute approximate surface area is 107 Å². The summed E-state index contributed by atoms with van der Waals surface area (Å²) in [7, 11) is 1.48. The summed E-state index contributed by atoms with van der Waals surface area (Å²) in [5.74, 6) is -0.189. The maximum Gasteiger partial charge on any atom is 0.281 e. The minimum atomic E-state index is -0.561. The van der Waals surface area contributed by atoms with Crippen LogP contribution in [0.2, 0.25) is 5.02 Å². The van der Waals surface area contributed by atoms with Gasteiger partial charge in [-0.1, -0.05) is 11.6 Å². The lowest BCUT2D eigenvalue weighted by atomic mass is 10.2. The van der Waals surface area contributed by atoms with Gasteiger partial charge in [0.25, 0.3) is 5.91 Å². The van der Waals surface area contributed by atoms with Gasteiger partial charge in [0.05, 0.1) is 12.8 Å². The van der Waals surface area contributed by atoms with Gasteiger partial charge < -0.3 is 15.8 Å². The van der Waals surface area contributed by atoms with Crippen molar-refractivity contribution in [2.24, 2.45) is 0 Å². The molecule has 0 unspecified atom stereocenters. The molecule has 0 fully saturated rings. The fraction of sp³-hybridized carbons (Fsp3) is 0.100. The van der Waals surface area contributed by atoms with E-state index in [0.29, 0.717) is 16.5 Å². The predicted octanol–water partition coefficient (Wildman–Crippen LogP) is 1.57. The van der Waals surface area contributed by atoms with E-state index in [-0.39, 0.29) is 11.5 Å². The quantitative estimate of drug-likeness (QED) is 0.876. The molecule has 0 spiro atoms. The van der Waals surface area contributed by atoms with Crippen LogP contribution in [0.3, 0.4) is 0 Å². The van der Waals surface area contributed by atoms with E-state index in [1.807, 2.05) is 0 Å². The Morgan fingerprint density at radius 2 is 2.28 bits per heavy atom. The number of benzene rings is 1. The summed E-state index contributed by atoms with van der Waals surface area (Å²) in [4.78, 5) is 11.8. The van der Waals surface area contributed by atoms with Crippen molar-refractivity contribution in [3.8, 4) is 5.75 Å². The highest BCUT2D eigenvalue weighted by molar-refractivity contribution is 6.31. The van der Waals surface area contributed by atoms with Gasteiger partial charge >= 0.3 is 0 Å². The summed E-state index contributed by atoms with van der Waals surface area (Å²) in [6.07, 6.45) is 0. The van der Waals surface area contributed by atoms with Crippen LogP contribution in [-0.2, 0) is 0 Å². The fourth-order valence-corrected chi connectivity index (χ4v) is 1.48. The van der Waals surface area contributed by atoms with Crippen molar-refractivity contribution in [2.75, 3.05) is 18.2 Å². The second-order valence-corrected chi connectivity index (χ2v) is 3.73. The number of nitrogens with two attached hydrogens (primary N) is 1. The Hall–Kier alpha value is -2.28. The second-order valence-electron chi connectivity index (χ2n) is 3.30. The lowest BCUT2D eigenvalue weighted by Gasteiger charge is -2.09. The van der Waals surface area contributed by atoms with Gasteiger partial charge in [0.15, 0.2) is 0 Å². The lowest BCUT2D eigenvalue weighted by molar-refractivity contribution is 0.101. The summed E-state index contributed by atoms with van der Waals surface area (Å²) in [5, 5.41) is 9.72. The van der Waals surface area contributed by atoms with Crippen molar-refractivity contribution in [1.29, 1.82) is 0 Å². The molecule has 7 nitrogen and oxygen atoms in total. The number of methoxy groups -OCH3 is 1. The van der Waals surface area contributed by atoms with Gasteiger partial charge in [-0.25, -0.2) is 4.63 Å². The zero-order valence-corrected chi connectivity index (χ0v) is 10.1. The van der Waals surface area contributed by atoms with Gasteiger partial charge in [0, 0.05) is 5.02 Å². The number of carbonyl (C=O) groups excluding carboxylic acids is 1. The minimum absolute atomic E-state index is 0.0894. The van der Waals surface area contributed by atoms with Gasteiger partial charge in [-0.3, -0.25) is 4.79 Å². The van der Waals surface area contributed by atoms with Crippen LogP contribution >= 0.6 is 11.6 Å². The van der Waals surface area contributed by atoms with Crippen molar-refractivity contribution in [3.05, 3.63) is 28.9 Å². The maximum atomic E-state index is 11.8. The molecule has 3 N–H and O–H groups in total. The Bertz CT molecular complexity index is 584. The molecule has 1 heterocycles. The number of halogens is 1. The molecule has 18 heavy (non-hydrogen) atoms. The number of carbonyl (C=O) groups is 1. The lowest BCUT2D eigenvalue weighted by Crippen LogP contribution is -2.14. The molecule has 0 aliphatic rings. The standard InChI is InChI=1S/C10H9ClN4O3/c1-17-7-3-2-5(11)4-6(7)13-10(16)8-9(12)15-18-14-8/h2-4H,1H3,(H2,12,15)(H,13,16). The number of nitrogens with zero attached hydrogens (tertiary/aromatic N) is 2. The number of amides is 1. The van der Waals surface area contributed by atoms with Crippen LogP contribution in [0.5, 0.6) is 5.75 Å². The first-order valence-electron chi connectivity index (χ1n) is 4.84. The van der Waals surface area contributed by atoms with Crippen LogP contribution in [-0.4, -0.2) is 23.3 Å². The average Bonchev–Trinajstić information content (AvgIpc) is 2.76. The molecular weight excluding hydrogens is 260 g/mol. The average molecular weight is 269 g/mol. The van der Waals surface area contributed by atoms with Crippen LogP contribution in [0.15, 0.2) is 22.8 Å². The number of nitrogens with one attached hydrogen (secondary N) is 1. The molecule has 1 aromatic heterocycles. The second kappa shape index (κ2) is 4.92. The van der Waals surface area contributed by atoms with Gasteiger partial charge in [-0.2, -0.15) is 0 Å². The molecule has 0 aliphatic carbocycles. The smallest absolute Gasteiger partial charge is 0.281 e. The highest BCUT2D eigenvalue weighted by Crippen LogP contribution is 2.28. The molecular formula is C10H9ClN4O3. The minimum Gasteiger partial charge on any atom is -0.495 e. The van der Waals surface area contributed by atoms with Gasteiger partial charge in [0.1, 0.15) is 5.75 Å². The Kier molecular flexibility index (Phi) is 3.33. The van der Waals surface area contributed by atoms with Crippen molar-refractivity contribution in [2.45, 2.75) is 0 Å². The molecule has 2 aromatic rings. The van der Waals surface area contributed by atoms with E-state index in [0.717, 1.165) is 0 Å². The summed E-state index contributed by atoms with van der Waals surface area (Å²) >= 11 is 5.84. The first-order chi connectivity index (χ1) is 8.61. The number of rotatable bonds is 3. The van der Waals surface area contributed by atoms with Gasteiger partial charge in [-0.15, -0.1) is 0 Å². The summed E-state index contributed by atoms with van der Waals surface area (Å²) < 4.78 is 9.43. The van der Waals surface area contributed by atoms with Crippen LogP contribution in [0, 0.1) is 0 Å². The van der Waals surface area contributed by atoms with E-state index < -0.39 is 5.91 Å². The molecule has 0 saturated carbocycles. The Balaban J connectivity index is 2.27. The predicted molar refractivity (Wildman–Crippen MR) is 64.7 cm³/mol. The molecule has 8 heteroatoms. The maximum absolute atomic E-state index is 11.8. The molecule has 0 radical (unpaired) electrons. The van der Waals surface area contributed by atoms with Crippen molar-refractivity contribution in [1.82, 2.24) is 10.3 Å². The highest BCUT2D eigenvalue weighted by Gasteiger charge is 2.17. The Morgan fingerprint density at radius 1 is 1.50 bits per heavy atom. The van der Waals surface area contributed by atoms with Gasteiger partial charge in [0.2, 0.25) is 11.5 Å². The number of nitrogen functional groups attached to an aromatic ring is 1. The normalized spacial score (nSPS) is 10.1. The molecule has 0 bridgehead atoms. The summed E-state index contributed by atoms with van der Waals surface area (Å²) in [6, 6.07) is 4.81. The van der Waals surface area contributed by atoms with E-state index in [1.54, 1.807) is 18.2 Å². The molecule has 1 amide bonds. The molecule has 2 rings (SSSR count). The first kappa shape index (κ1) is 12.2. The van der Waals surface area contributed by atoms with Crippen molar-refractivity contribution < 1.29 is 14.2 Å². The van der Waals surface area contributed by atoms with E-state index >= 15 is 0 Å². The highest BCUT2D eigenvalue weighted by atomic mass is 35.5. The van der Waals surface area contributed by atoms with Crippen molar-refractivity contribution in [3.63, 3.8) is 0 Å². The number of hydrogen-bond acceptors (Lipinski definition) is 6. The zero-order chi connectivity index (χ0) is 13.1. The summed E-state index contributed by atoms with van der Waals surface area (Å²) in [5.41, 5.74) is 5.71. The zero-order valence-electron chi connectivity index (χ0n) is 9.31. The SMILES string of the molecule is COc1ccc(Cl)cc1NC(=O)c1nonc1N. The molecule has 0 aliphatic heterocycles. The number of hydrogen-bond donors (Lipinski definition) is 2. The monoisotopic (exact) mass is 268 g/mol. The summed E-state index contributed by atoms with van der Waals surface area (Å²) in [6.45, 7) is 0. The van der Waals surface area contributed by atoms with E-state index in [1.165, 1.54) is 7.11 Å².